The molecule has 0 bridgehead atoms. The fourth-order valence-electron chi connectivity index (χ4n) is 4.77. The number of hydrogen-bond donors (Lipinski definition) is 0. The minimum absolute atomic E-state index is 0.0513. The molecule has 0 radical (unpaired) electrons. The highest BCUT2D eigenvalue weighted by atomic mass is 19.4. The van der Waals surface area contributed by atoms with Gasteiger partial charge < -0.3 is 4.74 Å². The van der Waals surface area contributed by atoms with E-state index in [1.54, 1.807) is 30.3 Å². The van der Waals surface area contributed by atoms with Gasteiger partial charge in [-0.05, 0) is 69.5 Å². The van der Waals surface area contributed by atoms with Crippen molar-refractivity contribution in [1.29, 1.82) is 0 Å². The fraction of sp³-hybridized carbons (Fsp3) is 0.226. The summed E-state index contributed by atoms with van der Waals surface area (Å²) in [4.78, 5) is 1.61. The van der Waals surface area contributed by atoms with Crippen LogP contribution in [0.4, 0.5) is 43.9 Å². The van der Waals surface area contributed by atoms with Crippen molar-refractivity contribution in [2.45, 2.75) is 38.2 Å². The predicted octanol–water partition coefficient (Wildman–Crippen LogP) is 7.28. The number of benzene rings is 4. The van der Waals surface area contributed by atoms with E-state index in [1.807, 2.05) is 0 Å². The standard InChI is InChI=1S/C31H23F10N6O/c1-45-42-43-47(44-45)46(16-20-11-23(30(36,37)38)14-24(12-20)31(39,40)41)17-21-13-22(29(33,34)35)7-9-26(21)27-10-8-25(15-28(27)32)48-18-19-5-3-2-4-6-19/h2-15H,16-18H2,1H3/q+1. The summed E-state index contributed by atoms with van der Waals surface area (Å²) in [5, 5.41) is 12.1. The van der Waals surface area contributed by atoms with E-state index < -0.39 is 59.7 Å². The summed E-state index contributed by atoms with van der Waals surface area (Å²) < 4.78 is 144. The van der Waals surface area contributed by atoms with Gasteiger partial charge in [-0.1, -0.05) is 36.4 Å². The van der Waals surface area contributed by atoms with E-state index in [0.717, 1.165) is 33.6 Å². The molecule has 0 spiro atoms. The van der Waals surface area contributed by atoms with Crippen LogP contribution in [0, 0.1) is 5.82 Å². The average Bonchev–Trinajstić information content (AvgIpc) is 3.45. The third-order valence-electron chi connectivity index (χ3n) is 6.99. The second-order valence-electron chi connectivity index (χ2n) is 10.5. The van der Waals surface area contributed by atoms with E-state index in [9.17, 15) is 39.5 Å². The molecular weight excluding hydrogens is 662 g/mol. The summed E-state index contributed by atoms with van der Waals surface area (Å²) in [5.74, 6) is -0.745. The number of hydrogen-bond acceptors (Lipinski definition) is 5. The quantitative estimate of drug-likeness (QED) is 0.121. The molecule has 1 heterocycles. The molecule has 0 aliphatic heterocycles. The van der Waals surface area contributed by atoms with Gasteiger partial charge >= 0.3 is 18.5 Å². The largest absolute Gasteiger partial charge is 0.489 e. The van der Waals surface area contributed by atoms with E-state index in [4.69, 9.17) is 4.74 Å². The fourth-order valence-corrected chi connectivity index (χ4v) is 4.77. The van der Waals surface area contributed by atoms with Crippen molar-refractivity contribution in [3.05, 3.63) is 124 Å². The molecular formula is C31H23F10N6O+. The predicted molar refractivity (Wildman–Crippen MR) is 149 cm³/mol. The van der Waals surface area contributed by atoms with E-state index in [0.29, 0.717) is 23.1 Å². The third-order valence-corrected chi connectivity index (χ3v) is 6.99. The molecule has 0 fully saturated rings. The van der Waals surface area contributed by atoms with Crippen molar-refractivity contribution >= 4 is 0 Å². The van der Waals surface area contributed by atoms with Crippen molar-refractivity contribution in [2.24, 2.45) is 7.05 Å². The van der Waals surface area contributed by atoms with Crippen molar-refractivity contribution in [2.75, 3.05) is 5.01 Å². The summed E-state index contributed by atoms with van der Waals surface area (Å²) in [7, 11) is 1.31. The Labute approximate surface area is 265 Å². The maximum absolute atomic E-state index is 15.5. The molecule has 0 aliphatic rings. The molecule has 0 aliphatic carbocycles. The summed E-state index contributed by atoms with van der Waals surface area (Å²) in [6, 6.07) is 16.0. The van der Waals surface area contributed by atoms with Gasteiger partial charge in [0.1, 0.15) is 40.6 Å². The first-order valence-corrected chi connectivity index (χ1v) is 13.8. The number of rotatable bonds is 9. The van der Waals surface area contributed by atoms with Crippen LogP contribution in [0.2, 0.25) is 0 Å². The van der Waals surface area contributed by atoms with Gasteiger partial charge in [0, 0.05) is 11.6 Å². The molecule has 7 nitrogen and oxygen atoms in total. The first-order chi connectivity index (χ1) is 22.5. The lowest BCUT2D eigenvalue weighted by atomic mass is 9.96. The van der Waals surface area contributed by atoms with Crippen LogP contribution < -0.4 is 14.5 Å². The Morgan fingerprint density at radius 1 is 0.688 bits per heavy atom. The number of halogens is 10. The topological polar surface area (TPSA) is 60.0 Å². The number of aromatic nitrogens is 5. The summed E-state index contributed by atoms with van der Waals surface area (Å²) >= 11 is 0. The molecule has 0 unspecified atom stereocenters. The molecule has 48 heavy (non-hydrogen) atoms. The van der Waals surface area contributed by atoms with Gasteiger partial charge in [0.25, 0.3) is 0 Å². The lowest BCUT2D eigenvalue weighted by Gasteiger charge is -2.21. The monoisotopic (exact) mass is 685 g/mol. The van der Waals surface area contributed by atoms with E-state index >= 15 is 4.39 Å². The highest BCUT2D eigenvalue weighted by molar-refractivity contribution is 5.69. The summed E-state index contributed by atoms with van der Waals surface area (Å²) in [6.07, 6.45) is -15.2. The van der Waals surface area contributed by atoms with Gasteiger partial charge in [0.2, 0.25) is 5.21 Å². The number of nitrogens with zero attached hydrogens (tertiary/aromatic N) is 6. The van der Waals surface area contributed by atoms with Gasteiger partial charge in [0.15, 0.2) is 0 Å². The molecule has 0 N–H and O–H groups in total. The van der Waals surface area contributed by atoms with Crippen molar-refractivity contribution < 1.29 is 53.4 Å². The lowest BCUT2D eigenvalue weighted by molar-refractivity contribution is -0.787. The van der Waals surface area contributed by atoms with Crippen LogP contribution in [0.3, 0.4) is 0 Å². The Bertz CT molecular complexity index is 1860. The first-order valence-electron chi connectivity index (χ1n) is 13.8. The van der Waals surface area contributed by atoms with E-state index in [2.05, 4.69) is 15.6 Å². The maximum Gasteiger partial charge on any atom is 0.416 e. The molecule has 1 aromatic heterocycles. The van der Waals surface area contributed by atoms with Crippen LogP contribution in [0.5, 0.6) is 5.75 Å². The Hall–Kier alpha value is -5.22. The second-order valence-corrected chi connectivity index (χ2v) is 10.5. The molecule has 0 saturated carbocycles. The van der Waals surface area contributed by atoms with Gasteiger partial charge in [-0.3, -0.25) is 0 Å². The van der Waals surface area contributed by atoms with Gasteiger partial charge in [0.05, 0.1) is 29.8 Å². The lowest BCUT2D eigenvalue weighted by Crippen LogP contribution is -2.40. The minimum atomic E-state index is -5.15. The molecule has 0 amide bonds. The smallest absolute Gasteiger partial charge is 0.416 e. The number of aryl methyl sites for hydroxylation is 1. The van der Waals surface area contributed by atoms with E-state index in [1.165, 1.54) is 19.2 Å². The maximum atomic E-state index is 15.5. The third kappa shape index (κ3) is 8.19. The van der Waals surface area contributed by atoms with Crippen LogP contribution >= 0.6 is 0 Å². The molecule has 0 atom stereocenters. The van der Waals surface area contributed by atoms with E-state index in [-0.39, 0.29) is 35.1 Å². The van der Waals surface area contributed by atoms with Crippen molar-refractivity contribution in [3.8, 4) is 16.9 Å². The van der Waals surface area contributed by atoms with Gasteiger partial charge in [-0.2, -0.15) is 39.5 Å². The molecule has 17 heteroatoms. The number of ether oxygens (including phenoxy) is 1. The molecule has 252 valence electrons. The summed E-state index contributed by atoms with van der Waals surface area (Å²) in [6.45, 7) is -1.29. The van der Waals surface area contributed by atoms with Crippen LogP contribution in [0.25, 0.3) is 11.1 Å². The zero-order valence-electron chi connectivity index (χ0n) is 24.6. The molecule has 5 aromatic rings. The molecule has 5 rings (SSSR count). The zero-order chi connectivity index (χ0) is 34.9. The Morgan fingerprint density at radius 2 is 1.31 bits per heavy atom. The van der Waals surface area contributed by atoms with Crippen LogP contribution in [0.1, 0.15) is 33.4 Å². The molecule has 0 saturated heterocycles. The Balaban J connectivity index is 1.55. The minimum Gasteiger partial charge on any atom is -0.489 e. The number of alkyl halides is 9. The Morgan fingerprint density at radius 3 is 1.88 bits per heavy atom. The normalized spacial score (nSPS) is 12.3. The van der Waals surface area contributed by atoms with Crippen LogP contribution in [-0.2, 0) is 45.3 Å². The Kier molecular flexibility index (Phi) is 9.33. The highest BCUT2D eigenvalue weighted by Crippen LogP contribution is 2.38. The second kappa shape index (κ2) is 13.1. The van der Waals surface area contributed by atoms with Crippen molar-refractivity contribution in [1.82, 2.24) is 20.5 Å². The summed E-state index contributed by atoms with van der Waals surface area (Å²) in [5.41, 5.74) is -4.46. The average molecular weight is 686 g/mol. The SMILES string of the molecule is C[n+]1nnn(N(Cc2cc(C(F)(F)F)cc(C(F)(F)F)c2)Cc2cc(C(F)(F)F)ccc2-c2ccc(OCc3ccccc3)cc2F)n1. The van der Waals surface area contributed by atoms with Gasteiger partial charge in [-0.25, -0.2) is 9.40 Å². The van der Waals surface area contributed by atoms with Crippen molar-refractivity contribution in [3.63, 3.8) is 0 Å². The van der Waals surface area contributed by atoms with Gasteiger partial charge in [-0.15, -0.1) is 0 Å². The van der Waals surface area contributed by atoms with Crippen LogP contribution in [-0.4, -0.2) is 20.5 Å². The van der Waals surface area contributed by atoms with Crippen LogP contribution in [0.15, 0.2) is 84.9 Å². The molecule has 4 aromatic carbocycles. The zero-order valence-corrected chi connectivity index (χ0v) is 24.6. The highest BCUT2D eigenvalue weighted by Gasteiger charge is 2.37. The first kappa shape index (κ1) is 34.1.